The van der Waals surface area contributed by atoms with E-state index in [2.05, 4.69) is 41.4 Å². The van der Waals surface area contributed by atoms with E-state index in [-0.39, 0.29) is 0 Å². The molecule has 0 aliphatic carbocycles. The van der Waals surface area contributed by atoms with Crippen LogP contribution in [0, 0.1) is 0 Å². The van der Waals surface area contributed by atoms with Gasteiger partial charge in [0, 0.05) is 5.56 Å². The zero-order chi connectivity index (χ0) is 11.4. The van der Waals surface area contributed by atoms with Gasteiger partial charge in [-0.05, 0) is 24.1 Å². The quantitative estimate of drug-likeness (QED) is 0.852. The Kier molecular flexibility index (Phi) is 3.15. The number of aromatic nitrogens is 2. The molecule has 0 aliphatic rings. The van der Waals surface area contributed by atoms with Gasteiger partial charge in [-0.25, -0.2) is 0 Å². The zero-order valence-corrected chi connectivity index (χ0v) is 9.35. The van der Waals surface area contributed by atoms with Crippen molar-refractivity contribution in [1.29, 1.82) is 0 Å². The van der Waals surface area contributed by atoms with Gasteiger partial charge in [-0.2, -0.15) is 0 Å². The molecular formula is C13H15N3. The number of aryl methyl sites for hydroxylation is 1. The lowest BCUT2D eigenvalue weighted by molar-refractivity contribution is 0.922. The molecule has 2 N–H and O–H groups in total. The molecule has 2 rings (SSSR count). The van der Waals surface area contributed by atoms with Gasteiger partial charge in [0.25, 0.3) is 0 Å². The number of benzene rings is 1. The topological polar surface area (TPSA) is 51.8 Å². The molecule has 1 heterocycles. The average Bonchev–Trinajstić information content (AvgIpc) is 2.32. The molecule has 0 aliphatic heterocycles. The number of hydrogen-bond acceptors (Lipinski definition) is 3. The van der Waals surface area contributed by atoms with Crippen LogP contribution in [-0.2, 0) is 6.42 Å². The average molecular weight is 213 g/mol. The summed E-state index contributed by atoms with van der Waals surface area (Å²) in [6.45, 7) is 2.18. The van der Waals surface area contributed by atoms with Gasteiger partial charge in [0.1, 0.15) is 5.82 Å². The van der Waals surface area contributed by atoms with Gasteiger partial charge >= 0.3 is 0 Å². The van der Waals surface area contributed by atoms with E-state index < -0.39 is 0 Å². The van der Waals surface area contributed by atoms with Crippen molar-refractivity contribution in [3.63, 3.8) is 0 Å². The standard InChI is InChI=1S/C13H15N3/c1-2-3-10-4-6-11(7-5-10)12-8-9-13(14)16-15-12/h4-9H,2-3H2,1H3,(H2,14,16). The Bertz CT molecular complexity index is 446. The Morgan fingerprint density at radius 3 is 2.31 bits per heavy atom. The van der Waals surface area contributed by atoms with E-state index in [0.717, 1.165) is 17.7 Å². The van der Waals surface area contributed by atoms with Crippen LogP contribution in [0.4, 0.5) is 5.82 Å². The second-order valence-electron chi connectivity index (χ2n) is 3.79. The summed E-state index contributed by atoms with van der Waals surface area (Å²) in [5.41, 5.74) is 8.79. The molecule has 0 bridgehead atoms. The molecule has 0 unspecified atom stereocenters. The van der Waals surface area contributed by atoms with E-state index >= 15 is 0 Å². The predicted molar refractivity (Wildman–Crippen MR) is 65.9 cm³/mol. The van der Waals surface area contributed by atoms with Crippen LogP contribution in [0.25, 0.3) is 11.3 Å². The van der Waals surface area contributed by atoms with Gasteiger partial charge in [0.15, 0.2) is 0 Å². The summed E-state index contributed by atoms with van der Waals surface area (Å²) in [7, 11) is 0. The van der Waals surface area contributed by atoms with Crippen molar-refractivity contribution >= 4 is 5.82 Å². The highest BCUT2D eigenvalue weighted by atomic mass is 15.1. The highest BCUT2D eigenvalue weighted by Crippen LogP contribution is 2.17. The maximum Gasteiger partial charge on any atom is 0.146 e. The zero-order valence-electron chi connectivity index (χ0n) is 9.35. The molecule has 82 valence electrons. The van der Waals surface area contributed by atoms with Gasteiger partial charge in [-0.1, -0.05) is 37.6 Å². The normalized spacial score (nSPS) is 10.3. The number of nitrogens with two attached hydrogens (primary N) is 1. The number of anilines is 1. The minimum atomic E-state index is 0.450. The molecule has 3 heteroatoms. The summed E-state index contributed by atoms with van der Waals surface area (Å²) in [5.74, 6) is 0.450. The predicted octanol–water partition coefficient (Wildman–Crippen LogP) is 2.68. The van der Waals surface area contributed by atoms with Crippen molar-refractivity contribution in [2.45, 2.75) is 19.8 Å². The minimum Gasteiger partial charge on any atom is -0.382 e. The lowest BCUT2D eigenvalue weighted by atomic mass is 10.1. The summed E-state index contributed by atoms with van der Waals surface area (Å²) in [6, 6.07) is 12.1. The van der Waals surface area contributed by atoms with Crippen molar-refractivity contribution in [3.05, 3.63) is 42.0 Å². The molecule has 0 atom stereocenters. The van der Waals surface area contributed by atoms with E-state index in [9.17, 15) is 0 Å². The van der Waals surface area contributed by atoms with E-state index in [1.807, 2.05) is 6.07 Å². The molecule has 0 amide bonds. The van der Waals surface area contributed by atoms with Gasteiger partial charge in [0.2, 0.25) is 0 Å². The van der Waals surface area contributed by atoms with Gasteiger partial charge in [-0.3, -0.25) is 0 Å². The second-order valence-corrected chi connectivity index (χ2v) is 3.79. The number of hydrogen-bond donors (Lipinski definition) is 1. The SMILES string of the molecule is CCCc1ccc(-c2ccc(N)nn2)cc1. The molecule has 1 aromatic heterocycles. The Labute approximate surface area is 95.3 Å². The molecule has 1 aromatic carbocycles. The van der Waals surface area contributed by atoms with Crippen LogP contribution in [0.1, 0.15) is 18.9 Å². The van der Waals surface area contributed by atoms with E-state index in [1.54, 1.807) is 6.07 Å². The highest BCUT2D eigenvalue weighted by molar-refractivity contribution is 5.59. The van der Waals surface area contributed by atoms with Crippen molar-refractivity contribution < 1.29 is 0 Å². The van der Waals surface area contributed by atoms with Crippen molar-refractivity contribution in [2.75, 3.05) is 5.73 Å². The largest absolute Gasteiger partial charge is 0.382 e. The Balaban J connectivity index is 2.24. The van der Waals surface area contributed by atoms with Crippen LogP contribution < -0.4 is 5.73 Å². The Hall–Kier alpha value is -1.90. The number of rotatable bonds is 3. The molecule has 0 radical (unpaired) electrons. The van der Waals surface area contributed by atoms with Crippen molar-refractivity contribution in [2.24, 2.45) is 0 Å². The molecule has 0 saturated heterocycles. The van der Waals surface area contributed by atoms with Crippen LogP contribution in [0.2, 0.25) is 0 Å². The fourth-order valence-electron chi connectivity index (χ4n) is 1.63. The summed E-state index contributed by atoms with van der Waals surface area (Å²) in [4.78, 5) is 0. The van der Waals surface area contributed by atoms with Gasteiger partial charge in [0.05, 0.1) is 5.69 Å². The third-order valence-electron chi connectivity index (χ3n) is 2.47. The molecule has 0 fully saturated rings. The highest BCUT2D eigenvalue weighted by Gasteiger charge is 1.99. The first-order valence-corrected chi connectivity index (χ1v) is 5.48. The van der Waals surface area contributed by atoms with Gasteiger partial charge in [-0.15, -0.1) is 10.2 Å². The van der Waals surface area contributed by atoms with E-state index in [0.29, 0.717) is 5.82 Å². The Morgan fingerprint density at radius 1 is 1.00 bits per heavy atom. The summed E-state index contributed by atoms with van der Waals surface area (Å²) < 4.78 is 0. The van der Waals surface area contributed by atoms with Crippen LogP contribution in [0.15, 0.2) is 36.4 Å². The van der Waals surface area contributed by atoms with Crippen LogP contribution >= 0.6 is 0 Å². The smallest absolute Gasteiger partial charge is 0.146 e. The Morgan fingerprint density at radius 2 is 1.75 bits per heavy atom. The third-order valence-corrected chi connectivity index (χ3v) is 2.47. The first-order chi connectivity index (χ1) is 7.79. The van der Waals surface area contributed by atoms with Crippen LogP contribution in [0.3, 0.4) is 0 Å². The molecule has 3 nitrogen and oxygen atoms in total. The number of nitrogen functional groups attached to an aromatic ring is 1. The second kappa shape index (κ2) is 4.75. The van der Waals surface area contributed by atoms with Crippen molar-refractivity contribution in [1.82, 2.24) is 10.2 Å². The van der Waals surface area contributed by atoms with E-state index in [1.165, 1.54) is 12.0 Å². The fraction of sp³-hybridized carbons (Fsp3) is 0.231. The number of nitrogens with zero attached hydrogens (tertiary/aromatic N) is 2. The summed E-state index contributed by atoms with van der Waals surface area (Å²) in [6.07, 6.45) is 2.29. The molecule has 0 saturated carbocycles. The van der Waals surface area contributed by atoms with Gasteiger partial charge < -0.3 is 5.73 Å². The van der Waals surface area contributed by atoms with Crippen LogP contribution in [-0.4, -0.2) is 10.2 Å². The lowest BCUT2D eigenvalue weighted by Crippen LogP contribution is -1.93. The fourth-order valence-corrected chi connectivity index (χ4v) is 1.63. The third kappa shape index (κ3) is 2.37. The molecular weight excluding hydrogens is 198 g/mol. The van der Waals surface area contributed by atoms with Crippen molar-refractivity contribution in [3.8, 4) is 11.3 Å². The summed E-state index contributed by atoms with van der Waals surface area (Å²) in [5, 5.41) is 7.89. The monoisotopic (exact) mass is 213 g/mol. The first-order valence-electron chi connectivity index (χ1n) is 5.48. The first kappa shape index (κ1) is 10.6. The maximum atomic E-state index is 5.49. The lowest BCUT2D eigenvalue weighted by Gasteiger charge is -2.02. The minimum absolute atomic E-state index is 0.450. The maximum absolute atomic E-state index is 5.49. The van der Waals surface area contributed by atoms with Crippen LogP contribution in [0.5, 0.6) is 0 Å². The molecule has 2 aromatic rings. The molecule has 16 heavy (non-hydrogen) atoms. The molecule has 0 spiro atoms. The van der Waals surface area contributed by atoms with E-state index in [4.69, 9.17) is 5.73 Å². The summed E-state index contributed by atoms with van der Waals surface area (Å²) >= 11 is 0.